The quantitative estimate of drug-likeness (QED) is 0.176. The van der Waals surface area contributed by atoms with Crippen LogP contribution in [0.4, 0.5) is 0 Å². The molecule has 0 saturated carbocycles. The lowest BCUT2D eigenvalue weighted by Gasteiger charge is -2.25. The first-order valence-corrected chi connectivity index (χ1v) is 19.7. The molecule has 268 valence electrons. The van der Waals surface area contributed by atoms with E-state index in [9.17, 15) is 0 Å². The van der Waals surface area contributed by atoms with Gasteiger partial charge in [-0.15, -0.1) is 0 Å². The molecule has 9 aromatic carbocycles. The fourth-order valence-electron chi connectivity index (χ4n) is 9.29. The SMILES string of the molecule is CC1(C)c2cc3ccccc3cc2-c2cccc(-c3ccc(-c4cc(-c5cccc6ccccc56)nc(-c5ccc(-c6ccccc6)cc5)n4)c4ccccc34)c21. The van der Waals surface area contributed by atoms with Crippen molar-refractivity contribution in [3.05, 3.63) is 205 Å². The zero-order chi connectivity index (χ0) is 38.1. The predicted molar refractivity (Wildman–Crippen MR) is 239 cm³/mol. The van der Waals surface area contributed by atoms with Gasteiger partial charge in [0, 0.05) is 22.1 Å². The lowest BCUT2D eigenvalue weighted by molar-refractivity contribution is 0.663. The highest BCUT2D eigenvalue weighted by molar-refractivity contribution is 6.07. The van der Waals surface area contributed by atoms with E-state index in [0.717, 1.165) is 28.1 Å². The minimum atomic E-state index is -0.171. The topological polar surface area (TPSA) is 25.8 Å². The lowest BCUT2D eigenvalue weighted by atomic mass is 9.78. The predicted octanol–water partition coefficient (Wildman–Crippen LogP) is 14.6. The van der Waals surface area contributed by atoms with Gasteiger partial charge < -0.3 is 0 Å². The first-order valence-electron chi connectivity index (χ1n) is 19.7. The summed E-state index contributed by atoms with van der Waals surface area (Å²) in [6.45, 7) is 4.77. The summed E-state index contributed by atoms with van der Waals surface area (Å²) in [5, 5.41) is 7.29. The number of aromatic nitrogens is 2. The van der Waals surface area contributed by atoms with Gasteiger partial charge >= 0.3 is 0 Å². The highest BCUT2D eigenvalue weighted by Crippen LogP contribution is 2.54. The molecule has 10 aromatic rings. The van der Waals surface area contributed by atoms with Crippen molar-refractivity contribution in [2.45, 2.75) is 19.3 Å². The molecule has 2 heteroatoms. The maximum absolute atomic E-state index is 5.36. The first kappa shape index (κ1) is 33.2. The Kier molecular flexibility index (Phi) is 7.55. The molecule has 57 heavy (non-hydrogen) atoms. The van der Waals surface area contributed by atoms with Gasteiger partial charge in [0.2, 0.25) is 0 Å². The molecule has 0 fully saturated rings. The van der Waals surface area contributed by atoms with E-state index in [1.165, 1.54) is 76.8 Å². The molecule has 0 unspecified atom stereocenters. The second kappa shape index (κ2) is 13.0. The lowest BCUT2D eigenvalue weighted by Crippen LogP contribution is -2.16. The van der Waals surface area contributed by atoms with Crippen molar-refractivity contribution in [2.24, 2.45) is 0 Å². The molecule has 11 rings (SSSR count). The van der Waals surface area contributed by atoms with Crippen LogP contribution in [-0.4, -0.2) is 9.97 Å². The molecule has 0 radical (unpaired) electrons. The van der Waals surface area contributed by atoms with Crippen LogP contribution in [0.25, 0.3) is 99.6 Å². The summed E-state index contributed by atoms with van der Waals surface area (Å²) in [6.07, 6.45) is 0. The summed E-state index contributed by atoms with van der Waals surface area (Å²) >= 11 is 0. The van der Waals surface area contributed by atoms with Crippen LogP contribution in [0.15, 0.2) is 194 Å². The molecule has 0 N–H and O–H groups in total. The van der Waals surface area contributed by atoms with Crippen LogP contribution >= 0.6 is 0 Å². The maximum Gasteiger partial charge on any atom is 0.160 e. The van der Waals surface area contributed by atoms with Gasteiger partial charge in [-0.05, 0) is 95.0 Å². The molecule has 0 saturated heterocycles. The molecule has 0 spiro atoms. The molecule has 1 aromatic heterocycles. The molecule has 1 aliphatic carbocycles. The van der Waals surface area contributed by atoms with Crippen LogP contribution in [0.1, 0.15) is 25.0 Å². The van der Waals surface area contributed by atoms with Crippen molar-refractivity contribution in [1.82, 2.24) is 9.97 Å². The summed E-state index contributed by atoms with van der Waals surface area (Å²) in [5.41, 5.74) is 15.1. The van der Waals surface area contributed by atoms with Gasteiger partial charge in [-0.1, -0.05) is 190 Å². The normalized spacial score (nSPS) is 12.9. The van der Waals surface area contributed by atoms with Crippen LogP contribution < -0.4 is 0 Å². The van der Waals surface area contributed by atoms with E-state index in [-0.39, 0.29) is 5.41 Å². The second-order valence-corrected chi connectivity index (χ2v) is 15.7. The van der Waals surface area contributed by atoms with E-state index in [1.54, 1.807) is 0 Å². The zero-order valence-corrected chi connectivity index (χ0v) is 31.9. The van der Waals surface area contributed by atoms with Crippen molar-refractivity contribution in [2.75, 3.05) is 0 Å². The Morgan fingerprint density at radius 1 is 0.333 bits per heavy atom. The van der Waals surface area contributed by atoms with E-state index >= 15 is 0 Å². The molecule has 0 aliphatic heterocycles. The first-order chi connectivity index (χ1) is 28.0. The Labute approximate surface area is 332 Å². The van der Waals surface area contributed by atoms with E-state index in [1.807, 2.05) is 0 Å². The van der Waals surface area contributed by atoms with E-state index < -0.39 is 0 Å². The number of nitrogens with zero attached hydrogens (tertiary/aromatic N) is 2. The van der Waals surface area contributed by atoms with E-state index in [0.29, 0.717) is 5.82 Å². The Balaban J connectivity index is 1.10. The molecule has 0 amide bonds. The highest BCUT2D eigenvalue weighted by atomic mass is 14.9. The maximum atomic E-state index is 5.36. The summed E-state index contributed by atoms with van der Waals surface area (Å²) in [7, 11) is 0. The Hall–Kier alpha value is -7.16. The number of benzene rings is 9. The van der Waals surface area contributed by atoms with Crippen LogP contribution in [0.3, 0.4) is 0 Å². The zero-order valence-electron chi connectivity index (χ0n) is 31.9. The third-order valence-corrected chi connectivity index (χ3v) is 12.1. The summed E-state index contributed by atoms with van der Waals surface area (Å²) < 4.78 is 0. The fourth-order valence-corrected chi connectivity index (χ4v) is 9.29. The minimum Gasteiger partial charge on any atom is -0.228 e. The Morgan fingerprint density at radius 2 is 0.825 bits per heavy atom. The van der Waals surface area contributed by atoms with Crippen molar-refractivity contribution in [1.29, 1.82) is 0 Å². The summed E-state index contributed by atoms with van der Waals surface area (Å²) in [6, 6.07) is 70.1. The monoisotopic (exact) mass is 726 g/mol. The molecule has 1 aliphatic rings. The molecule has 0 bridgehead atoms. The molecule has 2 nitrogen and oxygen atoms in total. The van der Waals surface area contributed by atoms with Crippen LogP contribution in [0, 0.1) is 0 Å². The van der Waals surface area contributed by atoms with Gasteiger partial charge in [0.05, 0.1) is 11.4 Å². The van der Waals surface area contributed by atoms with Crippen LogP contribution in [0.5, 0.6) is 0 Å². The van der Waals surface area contributed by atoms with Crippen molar-refractivity contribution < 1.29 is 0 Å². The average molecular weight is 727 g/mol. The van der Waals surface area contributed by atoms with Gasteiger partial charge in [-0.2, -0.15) is 0 Å². The summed E-state index contributed by atoms with van der Waals surface area (Å²) in [5.74, 6) is 0.705. The number of hydrogen-bond acceptors (Lipinski definition) is 2. The van der Waals surface area contributed by atoms with Crippen LogP contribution in [-0.2, 0) is 5.41 Å². The fraction of sp³-hybridized carbons (Fsp3) is 0.0545. The van der Waals surface area contributed by atoms with Crippen LogP contribution in [0.2, 0.25) is 0 Å². The largest absolute Gasteiger partial charge is 0.228 e. The smallest absolute Gasteiger partial charge is 0.160 e. The van der Waals surface area contributed by atoms with Crippen molar-refractivity contribution in [3.63, 3.8) is 0 Å². The number of hydrogen-bond donors (Lipinski definition) is 0. The average Bonchev–Trinajstić information content (AvgIpc) is 3.50. The standard InChI is InChI=1S/C55H38N2/c1-55(2)50-33-40-18-7-6-17-39(40)32-49(50)48-25-13-24-47(53(48)55)44-30-31-46(43-22-11-10-21-42(43)44)52-34-51(45-23-12-19-37-16-8-9-20-41(37)45)56-54(57-52)38-28-26-36(27-29-38)35-14-4-3-5-15-35/h3-34H,1-2H3. The third kappa shape index (κ3) is 5.40. The second-order valence-electron chi connectivity index (χ2n) is 15.7. The molecular formula is C55H38N2. The molecule has 0 atom stereocenters. The van der Waals surface area contributed by atoms with E-state index in [4.69, 9.17) is 9.97 Å². The molecule has 1 heterocycles. The number of fused-ring (bicyclic) bond motifs is 6. The minimum absolute atomic E-state index is 0.171. The van der Waals surface area contributed by atoms with E-state index in [2.05, 4.69) is 208 Å². The highest BCUT2D eigenvalue weighted by Gasteiger charge is 2.38. The number of rotatable bonds is 5. The van der Waals surface area contributed by atoms with Gasteiger partial charge in [0.1, 0.15) is 0 Å². The third-order valence-electron chi connectivity index (χ3n) is 12.1. The Morgan fingerprint density at radius 3 is 1.56 bits per heavy atom. The van der Waals surface area contributed by atoms with Gasteiger partial charge in [-0.3, -0.25) is 0 Å². The Bertz CT molecular complexity index is 3190. The van der Waals surface area contributed by atoms with Crippen molar-refractivity contribution >= 4 is 32.3 Å². The molecular weight excluding hydrogens is 689 g/mol. The summed E-state index contributed by atoms with van der Waals surface area (Å²) in [4.78, 5) is 10.6. The van der Waals surface area contributed by atoms with Gasteiger partial charge in [0.25, 0.3) is 0 Å². The van der Waals surface area contributed by atoms with Crippen molar-refractivity contribution in [3.8, 4) is 67.3 Å². The van der Waals surface area contributed by atoms with Gasteiger partial charge in [-0.25, -0.2) is 9.97 Å². The van der Waals surface area contributed by atoms with Gasteiger partial charge in [0.15, 0.2) is 5.82 Å².